The molecule has 0 radical (unpaired) electrons. The van der Waals surface area contributed by atoms with Gasteiger partial charge in [0.05, 0.1) is 10.6 Å². The first kappa shape index (κ1) is 20.3. The van der Waals surface area contributed by atoms with Crippen LogP contribution >= 0.6 is 0 Å². The van der Waals surface area contributed by atoms with Gasteiger partial charge in [0.15, 0.2) is 11.6 Å². The topological polar surface area (TPSA) is 66.5 Å². The minimum Gasteiger partial charge on any atom is -0.319 e. The molecule has 2 aromatic carbocycles. The van der Waals surface area contributed by atoms with Crippen molar-refractivity contribution in [1.29, 1.82) is 0 Å². The maximum Gasteiger partial charge on any atom is 0.255 e. The fourth-order valence-electron chi connectivity index (χ4n) is 3.16. The summed E-state index contributed by atoms with van der Waals surface area (Å²) < 4.78 is 66.9. The Balaban J connectivity index is 1.79. The first-order valence-corrected chi connectivity index (χ1v) is 10.2. The van der Waals surface area contributed by atoms with Crippen molar-refractivity contribution in [2.24, 2.45) is 0 Å². The molecule has 1 aliphatic rings. The second kappa shape index (κ2) is 7.92. The fourth-order valence-corrected chi connectivity index (χ4v) is 4.85. The molecule has 1 fully saturated rings. The molecule has 0 saturated carbocycles. The summed E-state index contributed by atoms with van der Waals surface area (Å²) in [6.45, 7) is 2.30. The number of anilines is 1. The average molecular weight is 412 g/mol. The van der Waals surface area contributed by atoms with E-state index < -0.39 is 39.1 Å². The zero-order valence-electron chi connectivity index (χ0n) is 15.1. The molecule has 1 aliphatic heterocycles. The van der Waals surface area contributed by atoms with Gasteiger partial charge in [0.2, 0.25) is 10.0 Å². The molecular weight excluding hydrogens is 393 g/mol. The van der Waals surface area contributed by atoms with Gasteiger partial charge in [0, 0.05) is 30.3 Å². The first-order valence-electron chi connectivity index (χ1n) is 8.78. The zero-order valence-corrected chi connectivity index (χ0v) is 15.9. The van der Waals surface area contributed by atoms with Crippen LogP contribution in [0.2, 0.25) is 0 Å². The first-order chi connectivity index (χ1) is 13.2. The molecule has 1 unspecified atom stereocenters. The minimum atomic E-state index is -3.68. The summed E-state index contributed by atoms with van der Waals surface area (Å²) >= 11 is 0. The van der Waals surface area contributed by atoms with Gasteiger partial charge < -0.3 is 5.32 Å². The van der Waals surface area contributed by atoms with Crippen LogP contribution in [0.5, 0.6) is 0 Å². The van der Waals surface area contributed by atoms with Crippen LogP contribution in [0.1, 0.15) is 36.5 Å². The van der Waals surface area contributed by atoms with E-state index in [4.69, 9.17) is 0 Å². The van der Waals surface area contributed by atoms with E-state index in [0.29, 0.717) is 18.7 Å². The Hall–Kier alpha value is -2.39. The molecule has 28 heavy (non-hydrogen) atoms. The Bertz CT molecular complexity index is 994. The van der Waals surface area contributed by atoms with Gasteiger partial charge in [0.1, 0.15) is 5.82 Å². The molecular formula is C19H19F3N2O3S. The lowest BCUT2D eigenvalue weighted by molar-refractivity contribution is 0.102. The molecule has 0 spiro atoms. The Morgan fingerprint density at radius 3 is 2.32 bits per heavy atom. The lowest BCUT2D eigenvalue weighted by atomic mass is 10.1. The van der Waals surface area contributed by atoms with E-state index in [0.717, 1.165) is 19.3 Å². The number of sulfonamides is 1. The molecule has 1 heterocycles. The van der Waals surface area contributed by atoms with Crippen LogP contribution in [-0.2, 0) is 10.0 Å². The molecule has 0 aliphatic carbocycles. The van der Waals surface area contributed by atoms with Crippen LogP contribution in [0.15, 0.2) is 41.3 Å². The summed E-state index contributed by atoms with van der Waals surface area (Å²) in [6.07, 6.45) is 2.57. The second-order valence-electron chi connectivity index (χ2n) is 6.69. The van der Waals surface area contributed by atoms with E-state index in [1.807, 2.05) is 6.92 Å². The summed E-state index contributed by atoms with van der Waals surface area (Å²) in [7, 11) is -3.68. The molecule has 2 aromatic rings. The third-order valence-corrected chi connectivity index (χ3v) is 6.75. The van der Waals surface area contributed by atoms with Crippen LogP contribution in [0, 0.1) is 17.5 Å². The minimum absolute atomic E-state index is 0.0507. The summed E-state index contributed by atoms with van der Waals surface area (Å²) in [5, 5.41) is 2.14. The number of carbonyl (C=O) groups is 1. The van der Waals surface area contributed by atoms with Gasteiger partial charge in [-0.25, -0.2) is 21.6 Å². The number of carbonyl (C=O) groups excluding carboxylic acids is 1. The third kappa shape index (κ3) is 4.05. The lowest BCUT2D eigenvalue weighted by Crippen LogP contribution is -2.41. The van der Waals surface area contributed by atoms with Gasteiger partial charge >= 0.3 is 0 Å². The normalized spacial score (nSPS) is 18.1. The van der Waals surface area contributed by atoms with Gasteiger partial charge in [-0.05, 0) is 44.0 Å². The van der Waals surface area contributed by atoms with Crippen LogP contribution in [0.3, 0.4) is 0 Å². The van der Waals surface area contributed by atoms with E-state index in [2.05, 4.69) is 5.32 Å². The van der Waals surface area contributed by atoms with Gasteiger partial charge in [-0.2, -0.15) is 4.31 Å². The average Bonchev–Trinajstić information content (AvgIpc) is 2.66. The highest BCUT2D eigenvalue weighted by atomic mass is 32.2. The molecule has 1 saturated heterocycles. The van der Waals surface area contributed by atoms with E-state index in [9.17, 15) is 26.4 Å². The molecule has 1 amide bonds. The van der Waals surface area contributed by atoms with Crippen molar-refractivity contribution in [3.05, 3.63) is 59.4 Å². The van der Waals surface area contributed by atoms with Gasteiger partial charge in [-0.1, -0.05) is 6.42 Å². The standard InChI is InChI=1S/C19H19F3N2O3S/c1-12-4-2-3-9-24(12)28(26,27)14-7-5-13(6-8-14)19(25)23-18-11-16(21)15(20)10-17(18)22/h5-8,10-12H,2-4,9H2,1H3,(H,23,25). The zero-order chi connectivity index (χ0) is 20.5. The quantitative estimate of drug-likeness (QED) is 0.774. The van der Waals surface area contributed by atoms with Crippen molar-refractivity contribution in [3.8, 4) is 0 Å². The van der Waals surface area contributed by atoms with Crippen molar-refractivity contribution in [3.63, 3.8) is 0 Å². The molecule has 5 nitrogen and oxygen atoms in total. The van der Waals surface area contributed by atoms with Crippen LogP contribution < -0.4 is 5.32 Å². The number of halogens is 3. The second-order valence-corrected chi connectivity index (χ2v) is 8.58. The summed E-state index contributed by atoms with van der Waals surface area (Å²) in [6, 6.07) is 5.95. The highest BCUT2D eigenvalue weighted by Gasteiger charge is 2.30. The number of amides is 1. The maximum absolute atomic E-state index is 13.7. The van der Waals surface area contributed by atoms with E-state index >= 15 is 0 Å². The number of rotatable bonds is 4. The number of piperidine rings is 1. The predicted molar refractivity (Wildman–Crippen MR) is 97.9 cm³/mol. The highest BCUT2D eigenvalue weighted by Crippen LogP contribution is 2.25. The predicted octanol–water partition coefficient (Wildman–Crippen LogP) is 3.92. The number of hydrogen-bond acceptors (Lipinski definition) is 3. The molecule has 3 rings (SSSR count). The number of nitrogens with zero attached hydrogens (tertiary/aromatic N) is 1. The molecule has 150 valence electrons. The Morgan fingerprint density at radius 1 is 1.04 bits per heavy atom. The SMILES string of the molecule is CC1CCCCN1S(=O)(=O)c1ccc(C(=O)Nc2cc(F)c(F)cc2F)cc1. The highest BCUT2D eigenvalue weighted by molar-refractivity contribution is 7.89. The van der Waals surface area contributed by atoms with Crippen molar-refractivity contribution < 1.29 is 26.4 Å². The van der Waals surface area contributed by atoms with Crippen LogP contribution in [0.4, 0.5) is 18.9 Å². The Labute approximate surface area is 161 Å². The van der Waals surface area contributed by atoms with Crippen molar-refractivity contribution in [2.45, 2.75) is 37.1 Å². The molecule has 0 aromatic heterocycles. The van der Waals surface area contributed by atoms with Gasteiger partial charge in [0.25, 0.3) is 5.91 Å². The monoisotopic (exact) mass is 412 g/mol. The van der Waals surface area contributed by atoms with E-state index in [-0.39, 0.29) is 16.5 Å². The fraction of sp³-hybridized carbons (Fsp3) is 0.316. The van der Waals surface area contributed by atoms with Gasteiger partial charge in [-0.3, -0.25) is 4.79 Å². The Morgan fingerprint density at radius 2 is 1.68 bits per heavy atom. The van der Waals surface area contributed by atoms with Gasteiger partial charge in [-0.15, -0.1) is 0 Å². The molecule has 0 bridgehead atoms. The number of benzene rings is 2. The summed E-state index contributed by atoms with van der Waals surface area (Å²) in [5.74, 6) is -4.56. The maximum atomic E-state index is 13.7. The smallest absolute Gasteiger partial charge is 0.255 e. The largest absolute Gasteiger partial charge is 0.319 e. The molecule has 1 N–H and O–H groups in total. The lowest BCUT2D eigenvalue weighted by Gasteiger charge is -2.32. The molecule has 1 atom stereocenters. The van der Waals surface area contributed by atoms with Crippen molar-refractivity contribution >= 4 is 21.6 Å². The van der Waals surface area contributed by atoms with Crippen LogP contribution in [0.25, 0.3) is 0 Å². The van der Waals surface area contributed by atoms with Crippen LogP contribution in [-0.4, -0.2) is 31.2 Å². The third-order valence-electron chi connectivity index (χ3n) is 4.72. The number of nitrogens with one attached hydrogen (secondary N) is 1. The summed E-state index contributed by atoms with van der Waals surface area (Å²) in [4.78, 5) is 12.3. The van der Waals surface area contributed by atoms with E-state index in [1.165, 1.54) is 28.6 Å². The summed E-state index contributed by atoms with van der Waals surface area (Å²) in [5.41, 5.74) is -0.461. The Kier molecular flexibility index (Phi) is 5.76. The number of hydrogen-bond donors (Lipinski definition) is 1. The van der Waals surface area contributed by atoms with Crippen molar-refractivity contribution in [1.82, 2.24) is 4.31 Å². The van der Waals surface area contributed by atoms with E-state index in [1.54, 1.807) is 0 Å². The van der Waals surface area contributed by atoms with Crippen molar-refractivity contribution in [2.75, 3.05) is 11.9 Å². The molecule has 9 heteroatoms.